The van der Waals surface area contributed by atoms with Gasteiger partial charge in [0.2, 0.25) is 0 Å². The molecule has 1 aromatic rings. The molecule has 86 valence electrons. The zero-order chi connectivity index (χ0) is 11.3. The Morgan fingerprint density at radius 3 is 2.80 bits per heavy atom. The van der Waals surface area contributed by atoms with Crippen molar-refractivity contribution in [1.82, 2.24) is 15.1 Å². The lowest BCUT2D eigenvalue weighted by atomic mass is 10.1. The average Bonchev–Trinajstić information content (AvgIpc) is 2.50. The summed E-state index contributed by atoms with van der Waals surface area (Å²) in [4.78, 5) is 0. The van der Waals surface area contributed by atoms with E-state index in [2.05, 4.69) is 31.2 Å². The van der Waals surface area contributed by atoms with Crippen LogP contribution in [0.2, 0.25) is 0 Å². The van der Waals surface area contributed by atoms with Gasteiger partial charge < -0.3 is 5.32 Å². The van der Waals surface area contributed by atoms with Gasteiger partial charge in [-0.25, -0.2) is 0 Å². The fourth-order valence-electron chi connectivity index (χ4n) is 1.71. The highest BCUT2D eigenvalue weighted by molar-refractivity contribution is 5.17. The van der Waals surface area contributed by atoms with Crippen molar-refractivity contribution in [3.8, 4) is 0 Å². The van der Waals surface area contributed by atoms with Crippen LogP contribution in [0.25, 0.3) is 0 Å². The second-order valence-electron chi connectivity index (χ2n) is 4.51. The van der Waals surface area contributed by atoms with Gasteiger partial charge in [-0.05, 0) is 18.9 Å². The van der Waals surface area contributed by atoms with Crippen LogP contribution in [0, 0.1) is 5.92 Å². The molecule has 3 nitrogen and oxygen atoms in total. The van der Waals surface area contributed by atoms with Crippen LogP contribution in [0.5, 0.6) is 0 Å². The number of hydrogen-bond donors (Lipinski definition) is 1. The number of hydrogen-bond acceptors (Lipinski definition) is 2. The predicted molar refractivity (Wildman–Crippen MR) is 63.7 cm³/mol. The van der Waals surface area contributed by atoms with Gasteiger partial charge >= 0.3 is 0 Å². The van der Waals surface area contributed by atoms with E-state index >= 15 is 0 Å². The van der Waals surface area contributed by atoms with E-state index in [1.807, 2.05) is 17.9 Å². The summed E-state index contributed by atoms with van der Waals surface area (Å²) in [6.07, 6.45) is 4.28. The Labute approximate surface area is 92.9 Å². The van der Waals surface area contributed by atoms with Gasteiger partial charge in [-0.1, -0.05) is 27.2 Å². The Morgan fingerprint density at radius 2 is 2.20 bits per heavy atom. The third-order valence-corrected chi connectivity index (χ3v) is 2.50. The van der Waals surface area contributed by atoms with Gasteiger partial charge in [-0.2, -0.15) is 5.10 Å². The fourth-order valence-corrected chi connectivity index (χ4v) is 1.71. The molecule has 1 N–H and O–H groups in total. The molecule has 0 aliphatic carbocycles. The Hall–Kier alpha value is -0.830. The van der Waals surface area contributed by atoms with E-state index in [-0.39, 0.29) is 0 Å². The topological polar surface area (TPSA) is 29.9 Å². The van der Waals surface area contributed by atoms with E-state index in [9.17, 15) is 0 Å². The van der Waals surface area contributed by atoms with Crippen molar-refractivity contribution in [2.75, 3.05) is 6.54 Å². The van der Waals surface area contributed by atoms with E-state index in [1.165, 1.54) is 17.7 Å². The van der Waals surface area contributed by atoms with Crippen LogP contribution in [0.4, 0.5) is 0 Å². The molecule has 0 bridgehead atoms. The summed E-state index contributed by atoms with van der Waals surface area (Å²) in [5.41, 5.74) is 2.72. The summed E-state index contributed by atoms with van der Waals surface area (Å²) in [7, 11) is 2.02. The minimum atomic E-state index is 0.705. The Balaban J connectivity index is 2.52. The first-order chi connectivity index (χ1) is 7.15. The Kier molecular flexibility index (Phi) is 4.82. The van der Waals surface area contributed by atoms with Crippen LogP contribution in [0.15, 0.2) is 6.20 Å². The molecule has 0 fully saturated rings. The van der Waals surface area contributed by atoms with Gasteiger partial charge in [-0.3, -0.25) is 4.68 Å². The third kappa shape index (κ3) is 3.67. The number of rotatable bonds is 6. The minimum Gasteiger partial charge on any atom is -0.312 e. The molecule has 0 spiro atoms. The molecule has 0 aliphatic heterocycles. The average molecular weight is 209 g/mol. The van der Waals surface area contributed by atoms with Gasteiger partial charge in [-0.15, -0.1) is 0 Å². The molecule has 3 heteroatoms. The zero-order valence-corrected chi connectivity index (χ0v) is 10.4. The molecule has 0 atom stereocenters. The van der Waals surface area contributed by atoms with Gasteiger partial charge in [0.1, 0.15) is 0 Å². The molecule has 1 heterocycles. The van der Waals surface area contributed by atoms with Crippen molar-refractivity contribution in [2.45, 2.75) is 40.2 Å². The number of aromatic nitrogens is 2. The standard InChI is InChI=1S/C12H23N3/c1-5-6-12-11(9-14-15(12)4)8-13-7-10(2)3/h9-10,13H,5-8H2,1-4H3. The molecule has 0 aliphatic rings. The quantitative estimate of drug-likeness (QED) is 0.777. The first-order valence-corrected chi connectivity index (χ1v) is 5.85. The second-order valence-corrected chi connectivity index (χ2v) is 4.51. The lowest BCUT2D eigenvalue weighted by molar-refractivity contribution is 0.550. The highest BCUT2D eigenvalue weighted by atomic mass is 15.3. The summed E-state index contributed by atoms with van der Waals surface area (Å²) in [5, 5.41) is 7.77. The molecule has 1 rings (SSSR count). The van der Waals surface area contributed by atoms with Crippen LogP contribution < -0.4 is 5.32 Å². The molecule has 0 amide bonds. The maximum Gasteiger partial charge on any atom is 0.0537 e. The highest BCUT2D eigenvalue weighted by Gasteiger charge is 2.06. The molecular formula is C12H23N3. The third-order valence-electron chi connectivity index (χ3n) is 2.50. The van der Waals surface area contributed by atoms with Crippen molar-refractivity contribution >= 4 is 0 Å². The molecule has 0 radical (unpaired) electrons. The lowest BCUT2D eigenvalue weighted by Gasteiger charge is -2.08. The maximum absolute atomic E-state index is 4.31. The summed E-state index contributed by atoms with van der Waals surface area (Å²) in [6, 6.07) is 0. The lowest BCUT2D eigenvalue weighted by Crippen LogP contribution is -2.19. The van der Waals surface area contributed by atoms with E-state index in [1.54, 1.807) is 0 Å². The Bertz CT molecular complexity index is 289. The number of nitrogens with one attached hydrogen (secondary N) is 1. The first kappa shape index (κ1) is 12.2. The van der Waals surface area contributed by atoms with Gasteiger partial charge in [0, 0.05) is 24.8 Å². The monoisotopic (exact) mass is 209 g/mol. The summed E-state index contributed by atoms with van der Waals surface area (Å²) >= 11 is 0. The van der Waals surface area contributed by atoms with Gasteiger partial charge in [0.25, 0.3) is 0 Å². The molecular weight excluding hydrogens is 186 g/mol. The Morgan fingerprint density at radius 1 is 1.47 bits per heavy atom. The second kappa shape index (κ2) is 5.91. The largest absolute Gasteiger partial charge is 0.312 e. The van der Waals surface area contributed by atoms with Crippen LogP contribution in [-0.2, 0) is 20.0 Å². The van der Waals surface area contributed by atoms with E-state index < -0.39 is 0 Å². The van der Waals surface area contributed by atoms with Crippen molar-refractivity contribution in [3.63, 3.8) is 0 Å². The van der Waals surface area contributed by atoms with Crippen LogP contribution in [0.3, 0.4) is 0 Å². The maximum atomic E-state index is 4.31. The predicted octanol–water partition coefficient (Wildman–Crippen LogP) is 2.12. The van der Waals surface area contributed by atoms with Crippen LogP contribution in [-0.4, -0.2) is 16.3 Å². The summed E-state index contributed by atoms with van der Waals surface area (Å²) in [6.45, 7) is 8.67. The van der Waals surface area contributed by atoms with Crippen molar-refractivity contribution < 1.29 is 0 Å². The van der Waals surface area contributed by atoms with Gasteiger partial charge in [0.15, 0.2) is 0 Å². The molecule has 1 aromatic heterocycles. The molecule has 0 aromatic carbocycles. The molecule has 0 saturated carbocycles. The van der Waals surface area contributed by atoms with Crippen molar-refractivity contribution in [2.24, 2.45) is 13.0 Å². The summed E-state index contributed by atoms with van der Waals surface area (Å²) < 4.78 is 2.00. The minimum absolute atomic E-state index is 0.705. The first-order valence-electron chi connectivity index (χ1n) is 5.85. The fraction of sp³-hybridized carbons (Fsp3) is 0.750. The summed E-state index contributed by atoms with van der Waals surface area (Å²) in [5.74, 6) is 0.705. The number of nitrogens with zero attached hydrogens (tertiary/aromatic N) is 2. The van der Waals surface area contributed by atoms with Crippen LogP contribution >= 0.6 is 0 Å². The van der Waals surface area contributed by atoms with Crippen molar-refractivity contribution in [3.05, 3.63) is 17.5 Å². The van der Waals surface area contributed by atoms with Gasteiger partial charge in [0.05, 0.1) is 6.20 Å². The molecule has 15 heavy (non-hydrogen) atoms. The molecule has 0 unspecified atom stereocenters. The normalized spacial score (nSPS) is 11.3. The molecule has 0 saturated heterocycles. The number of aryl methyl sites for hydroxylation is 1. The van der Waals surface area contributed by atoms with E-state index in [0.717, 1.165) is 19.5 Å². The van der Waals surface area contributed by atoms with E-state index in [4.69, 9.17) is 0 Å². The smallest absolute Gasteiger partial charge is 0.0537 e. The SMILES string of the molecule is CCCc1c(CNCC(C)C)cnn1C. The van der Waals surface area contributed by atoms with E-state index in [0.29, 0.717) is 5.92 Å². The van der Waals surface area contributed by atoms with Crippen molar-refractivity contribution in [1.29, 1.82) is 0 Å². The zero-order valence-electron chi connectivity index (χ0n) is 10.4. The van der Waals surface area contributed by atoms with Crippen LogP contribution in [0.1, 0.15) is 38.4 Å². The highest BCUT2D eigenvalue weighted by Crippen LogP contribution is 2.09.